The highest BCUT2D eigenvalue weighted by molar-refractivity contribution is 6.03. The van der Waals surface area contributed by atoms with Crippen LogP contribution in [0.2, 0.25) is 0 Å². The van der Waals surface area contributed by atoms with Crippen LogP contribution in [0, 0.1) is 23.0 Å². The van der Waals surface area contributed by atoms with Crippen molar-refractivity contribution in [3.8, 4) is 6.07 Å². The van der Waals surface area contributed by atoms with Crippen LogP contribution < -0.4 is 16.8 Å². The molecular formula is C40H57F2N7. The van der Waals surface area contributed by atoms with Crippen LogP contribution in [-0.2, 0) is 6.42 Å². The zero-order valence-electron chi connectivity index (χ0n) is 30.8. The van der Waals surface area contributed by atoms with Gasteiger partial charge in [0.15, 0.2) is 17.3 Å². The van der Waals surface area contributed by atoms with E-state index in [-0.39, 0.29) is 17.8 Å². The van der Waals surface area contributed by atoms with Gasteiger partial charge in [-0.15, -0.1) is 0 Å². The summed E-state index contributed by atoms with van der Waals surface area (Å²) in [5.41, 5.74) is 17.0. The number of hydrogen-bond acceptors (Lipinski definition) is 7. The van der Waals surface area contributed by atoms with Gasteiger partial charge in [-0.25, -0.2) is 13.8 Å². The number of unbranched alkanes of at least 4 members (excludes halogenated alkanes) is 1. The molecule has 0 saturated heterocycles. The third kappa shape index (κ3) is 16.9. The fourth-order valence-electron chi connectivity index (χ4n) is 4.23. The van der Waals surface area contributed by atoms with Crippen molar-refractivity contribution < 1.29 is 8.78 Å². The average molecular weight is 674 g/mol. The molecule has 0 aliphatic carbocycles. The molecule has 2 rings (SSSR count). The van der Waals surface area contributed by atoms with Gasteiger partial charge in [-0.2, -0.15) is 5.26 Å². The normalized spacial score (nSPS) is 13.6. The minimum absolute atomic E-state index is 0.0772. The molecule has 2 aromatic rings. The predicted octanol–water partition coefficient (Wildman–Crippen LogP) is 9.55. The molecule has 7 nitrogen and oxygen atoms in total. The number of allylic oxidation sites excluding steroid dienone is 5. The highest BCUT2D eigenvalue weighted by Gasteiger charge is 2.16. The summed E-state index contributed by atoms with van der Waals surface area (Å²) in [4.78, 5) is 13.2. The molecule has 0 aliphatic heterocycles. The molecular weight excluding hydrogens is 616 g/mol. The number of benzene rings is 2. The Morgan fingerprint density at radius 2 is 1.63 bits per heavy atom. The minimum Gasteiger partial charge on any atom is -0.377 e. The molecule has 0 amide bonds. The smallest absolute Gasteiger partial charge is 0.159 e. The molecule has 0 bridgehead atoms. The Balaban J connectivity index is 0.00000356. The predicted molar refractivity (Wildman–Crippen MR) is 207 cm³/mol. The van der Waals surface area contributed by atoms with Gasteiger partial charge in [-0.3, -0.25) is 9.98 Å². The summed E-state index contributed by atoms with van der Waals surface area (Å²) in [6, 6.07) is 13.6. The van der Waals surface area contributed by atoms with E-state index in [4.69, 9.17) is 10.7 Å². The Labute approximate surface area is 294 Å². The number of rotatable bonds is 16. The molecule has 0 saturated carbocycles. The maximum atomic E-state index is 13.9. The Morgan fingerprint density at radius 3 is 2.10 bits per heavy atom. The van der Waals surface area contributed by atoms with E-state index in [1.54, 1.807) is 0 Å². The van der Waals surface area contributed by atoms with E-state index in [1.165, 1.54) is 38.2 Å². The fourth-order valence-corrected chi connectivity index (χ4v) is 4.23. The maximum Gasteiger partial charge on any atom is 0.159 e. The van der Waals surface area contributed by atoms with Gasteiger partial charge in [0, 0.05) is 24.2 Å². The lowest BCUT2D eigenvalue weighted by Gasteiger charge is -2.20. The van der Waals surface area contributed by atoms with Crippen molar-refractivity contribution >= 4 is 23.8 Å². The second kappa shape index (κ2) is 25.5. The number of halogens is 2. The van der Waals surface area contributed by atoms with E-state index < -0.39 is 11.6 Å². The van der Waals surface area contributed by atoms with Gasteiger partial charge in [0.05, 0.1) is 23.3 Å². The minimum atomic E-state index is -0.915. The lowest BCUT2D eigenvalue weighted by molar-refractivity contribution is 0.504. The molecule has 0 spiro atoms. The molecule has 0 fully saturated rings. The van der Waals surface area contributed by atoms with E-state index in [0.29, 0.717) is 29.8 Å². The Kier molecular flexibility index (Phi) is 23.1. The van der Waals surface area contributed by atoms with E-state index in [0.717, 1.165) is 47.0 Å². The number of aliphatic imine (C=N–C) groups is 3. The van der Waals surface area contributed by atoms with Crippen LogP contribution in [0.4, 0.5) is 8.78 Å². The molecule has 0 radical (unpaired) electrons. The summed E-state index contributed by atoms with van der Waals surface area (Å²) in [6.07, 6.45) is 10.5. The van der Waals surface area contributed by atoms with Crippen LogP contribution in [0.15, 0.2) is 99.3 Å². The van der Waals surface area contributed by atoms with Gasteiger partial charge >= 0.3 is 0 Å². The van der Waals surface area contributed by atoms with Crippen molar-refractivity contribution in [3.05, 3.63) is 113 Å². The molecule has 5 N–H and O–H groups in total. The van der Waals surface area contributed by atoms with Crippen LogP contribution >= 0.6 is 0 Å². The van der Waals surface area contributed by atoms with Crippen molar-refractivity contribution in [2.75, 3.05) is 7.05 Å². The third-order valence-electron chi connectivity index (χ3n) is 7.10. The molecule has 2 aromatic carbocycles. The summed E-state index contributed by atoms with van der Waals surface area (Å²) >= 11 is 0. The zero-order chi connectivity index (χ0) is 37.4. The van der Waals surface area contributed by atoms with Crippen LogP contribution in [0.5, 0.6) is 0 Å². The largest absolute Gasteiger partial charge is 0.377 e. The SMILES string of the molecule is C=N\C=C(C#N)/N=C(Cc1ccc(/C(=C/C)N=C(CCC(C)N)C(=C)C)cc1)\C(=C/CC)NC(C)c1ccc(F)c(F)c1.CCCC.CN. The van der Waals surface area contributed by atoms with E-state index >= 15 is 0 Å². The van der Waals surface area contributed by atoms with Gasteiger partial charge in [0.25, 0.3) is 0 Å². The number of nitrogens with zero attached hydrogens (tertiary/aromatic N) is 4. The first-order valence-electron chi connectivity index (χ1n) is 16.8. The average Bonchev–Trinajstić information content (AvgIpc) is 3.09. The zero-order valence-corrected chi connectivity index (χ0v) is 30.8. The quantitative estimate of drug-likeness (QED) is 0.121. The van der Waals surface area contributed by atoms with Crippen molar-refractivity contribution in [2.45, 2.75) is 99.1 Å². The molecule has 0 aromatic heterocycles. The standard InChI is InChI=1S/C35H42F2N6.C4H10.CH5N/c1-8-10-34(41-25(6)28-16-17-30(36)31(37)20-28)35(42-29(21-38)22-40-7)19-26-12-14-27(15-13-26)32(9-2)43-33(23(3)4)18-11-24(5)39;1-3-4-2;1-2/h9-10,12-17,20,22,24-25,41H,3,7-8,11,18-19,39H2,1-2,4-6H3;3-4H2,1-2H3;2H2,1H3/b29-22-,32-9-,34-10+,42-35-,43-33?;;. The summed E-state index contributed by atoms with van der Waals surface area (Å²) in [5, 5.41) is 13.0. The Morgan fingerprint density at radius 1 is 1.00 bits per heavy atom. The van der Waals surface area contributed by atoms with Gasteiger partial charge in [0.2, 0.25) is 0 Å². The number of nitrogens with two attached hydrogens (primary N) is 2. The fraction of sp³-hybridized carbons (Fsp3) is 0.400. The van der Waals surface area contributed by atoms with Crippen molar-refractivity contribution in [1.29, 1.82) is 5.26 Å². The summed E-state index contributed by atoms with van der Waals surface area (Å²) in [5.74, 6) is -1.82. The van der Waals surface area contributed by atoms with Gasteiger partial charge < -0.3 is 16.8 Å². The monoisotopic (exact) mass is 673 g/mol. The molecule has 2 unspecified atom stereocenters. The summed E-state index contributed by atoms with van der Waals surface area (Å²) in [7, 11) is 1.50. The Bertz CT molecular complexity index is 1510. The van der Waals surface area contributed by atoms with Gasteiger partial charge in [-0.05, 0) is 95.1 Å². The van der Waals surface area contributed by atoms with E-state index in [9.17, 15) is 14.0 Å². The first-order valence-corrected chi connectivity index (χ1v) is 16.8. The maximum absolute atomic E-state index is 13.9. The van der Waals surface area contributed by atoms with E-state index in [1.807, 2.05) is 77.1 Å². The van der Waals surface area contributed by atoms with Crippen molar-refractivity contribution in [1.82, 2.24) is 5.32 Å². The number of nitrogens with one attached hydrogen (secondary N) is 1. The molecule has 9 heteroatoms. The Hall–Kier alpha value is -4.52. The molecule has 266 valence electrons. The van der Waals surface area contributed by atoms with Gasteiger partial charge in [0.1, 0.15) is 6.07 Å². The second-order valence-electron chi connectivity index (χ2n) is 11.3. The molecule has 0 aliphatic rings. The van der Waals surface area contributed by atoms with Gasteiger partial charge in [-0.1, -0.05) is 82.7 Å². The number of hydrogen-bond donors (Lipinski definition) is 3. The van der Waals surface area contributed by atoms with Crippen LogP contribution in [0.25, 0.3) is 5.70 Å². The lowest BCUT2D eigenvalue weighted by atomic mass is 10.0. The highest BCUT2D eigenvalue weighted by atomic mass is 19.2. The van der Waals surface area contributed by atoms with Crippen molar-refractivity contribution in [2.24, 2.45) is 26.4 Å². The first kappa shape index (κ1) is 44.5. The topological polar surface area (TPSA) is 125 Å². The first-order chi connectivity index (χ1) is 23.4. The lowest BCUT2D eigenvalue weighted by Crippen LogP contribution is -2.25. The van der Waals surface area contributed by atoms with Crippen LogP contribution in [0.3, 0.4) is 0 Å². The van der Waals surface area contributed by atoms with Crippen LogP contribution in [-0.4, -0.2) is 31.2 Å². The summed E-state index contributed by atoms with van der Waals surface area (Å²) in [6.45, 7) is 21.6. The molecule has 0 heterocycles. The van der Waals surface area contributed by atoms with Crippen molar-refractivity contribution in [3.63, 3.8) is 0 Å². The third-order valence-corrected chi connectivity index (χ3v) is 7.10. The van der Waals surface area contributed by atoms with E-state index in [2.05, 4.69) is 48.2 Å². The molecule has 2 atom stereocenters. The summed E-state index contributed by atoms with van der Waals surface area (Å²) < 4.78 is 27.5. The highest BCUT2D eigenvalue weighted by Crippen LogP contribution is 2.22. The molecule has 49 heavy (non-hydrogen) atoms. The second-order valence-corrected chi connectivity index (χ2v) is 11.3. The van der Waals surface area contributed by atoms with Crippen LogP contribution in [0.1, 0.15) is 103 Å². The number of nitriles is 1.